The van der Waals surface area contributed by atoms with Gasteiger partial charge in [0, 0.05) is 0 Å². The molecule has 0 amide bonds. The molecule has 0 bridgehead atoms. The average molecular weight is 249 g/mol. The maximum atomic E-state index is 11.4. The van der Waals surface area contributed by atoms with E-state index in [1.54, 1.807) is 6.08 Å². The molecule has 5 nitrogen and oxygen atoms in total. The first-order valence-corrected chi connectivity index (χ1v) is 6.90. The lowest BCUT2D eigenvalue weighted by Gasteiger charge is -2.34. The van der Waals surface area contributed by atoms with Crippen LogP contribution in [0.5, 0.6) is 0 Å². The van der Waals surface area contributed by atoms with Crippen molar-refractivity contribution in [2.24, 2.45) is 0 Å². The fraction of sp³-hybridized carbons (Fsp3) is 0.800. The highest BCUT2D eigenvalue weighted by molar-refractivity contribution is 7.84. The Morgan fingerprint density at radius 3 is 2.81 bits per heavy atom. The highest BCUT2D eigenvalue weighted by atomic mass is 32.2. The smallest absolute Gasteiger partial charge is 0.336 e. The Hall–Kier alpha value is -0.430. The van der Waals surface area contributed by atoms with Crippen LogP contribution >= 0.6 is 0 Å². The monoisotopic (exact) mass is 249 g/mol. The number of unbranched alkanes of at least 4 members (excludes halogenated alkanes) is 1. The molecular formula is C10H19NO4S. The summed E-state index contributed by atoms with van der Waals surface area (Å²) in [6.45, 7) is 5.54. The molecule has 0 aromatic rings. The minimum atomic E-state index is -3.72. The predicted octanol–water partition coefficient (Wildman–Crippen LogP) is 0.715. The Labute approximate surface area is 96.8 Å². The molecular weight excluding hydrogens is 230 g/mol. The van der Waals surface area contributed by atoms with Crippen molar-refractivity contribution in [3.8, 4) is 0 Å². The minimum Gasteiger partial charge on any atom is -0.389 e. The lowest BCUT2D eigenvalue weighted by Crippen LogP contribution is -2.55. The van der Waals surface area contributed by atoms with Gasteiger partial charge < -0.3 is 5.11 Å². The van der Waals surface area contributed by atoms with E-state index >= 15 is 0 Å². The number of nitrogens with one attached hydrogen (secondary N) is 1. The molecule has 0 aliphatic carbocycles. The molecule has 1 heterocycles. The number of aliphatic hydroxyl groups is 1. The van der Waals surface area contributed by atoms with E-state index in [4.69, 9.17) is 4.18 Å². The molecule has 94 valence electrons. The Morgan fingerprint density at radius 1 is 1.56 bits per heavy atom. The molecule has 1 fully saturated rings. The van der Waals surface area contributed by atoms with E-state index in [0.29, 0.717) is 12.8 Å². The third-order valence-electron chi connectivity index (χ3n) is 2.60. The zero-order valence-electron chi connectivity index (χ0n) is 9.43. The third kappa shape index (κ3) is 3.55. The fourth-order valence-electron chi connectivity index (χ4n) is 1.75. The second-order valence-electron chi connectivity index (χ2n) is 3.97. The van der Waals surface area contributed by atoms with Gasteiger partial charge in [0.15, 0.2) is 0 Å². The van der Waals surface area contributed by atoms with Crippen LogP contribution in [0.15, 0.2) is 12.7 Å². The molecule has 16 heavy (non-hydrogen) atoms. The molecule has 1 aliphatic heterocycles. The summed E-state index contributed by atoms with van der Waals surface area (Å²) < 4.78 is 29.9. The highest BCUT2D eigenvalue weighted by Gasteiger charge is 2.38. The van der Waals surface area contributed by atoms with Crippen molar-refractivity contribution in [1.29, 1.82) is 0 Å². The lowest BCUT2D eigenvalue weighted by atomic mass is 9.99. The SMILES string of the molecule is C=CCC1NS(=O)(=O)O[C@H](CCCC)[C@@H]1O. The van der Waals surface area contributed by atoms with Crippen LogP contribution in [0.25, 0.3) is 0 Å². The molecule has 0 radical (unpaired) electrons. The van der Waals surface area contributed by atoms with Crippen LogP contribution in [-0.2, 0) is 14.5 Å². The van der Waals surface area contributed by atoms with Crippen molar-refractivity contribution >= 4 is 10.3 Å². The normalized spacial score (nSPS) is 33.5. The van der Waals surface area contributed by atoms with Crippen molar-refractivity contribution in [2.75, 3.05) is 0 Å². The number of hydrogen-bond acceptors (Lipinski definition) is 4. The lowest BCUT2D eigenvalue weighted by molar-refractivity contribution is -0.00411. The van der Waals surface area contributed by atoms with Crippen molar-refractivity contribution in [3.63, 3.8) is 0 Å². The van der Waals surface area contributed by atoms with Gasteiger partial charge in [-0.15, -0.1) is 6.58 Å². The average Bonchev–Trinajstić information content (AvgIpc) is 2.21. The number of hydrogen-bond donors (Lipinski definition) is 2. The van der Waals surface area contributed by atoms with E-state index < -0.39 is 28.6 Å². The summed E-state index contributed by atoms with van der Waals surface area (Å²) in [4.78, 5) is 0. The number of rotatable bonds is 5. The summed E-state index contributed by atoms with van der Waals surface area (Å²) in [6.07, 6.45) is 2.84. The van der Waals surface area contributed by atoms with Crippen molar-refractivity contribution in [1.82, 2.24) is 4.72 Å². The highest BCUT2D eigenvalue weighted by Crippen LogP contribution is 2.21. The van der Waals surface area contributed by atoms with Gasteiger partial charge >= 0.3 is 10.3 Å². The van der Waals surface area contributed by atoms with Crippen LogP contribution in [0, 0.1) is 0 Å². The minimum absolute atomic E-state index is 0.395. The van der Waals surface area contributed by atoms with E-state index in [-0.39, 0.29) is 0 Å². The molecule has 0 saturated carbocycles. The van der Waals surface area contributed by atoms with Crippen LogP contribution in [0.2, 0.25) is 0 Å². The second-order valence-corrected chi connectivity index (χ2v) is 5.31. The van der Waals surface area contributed by atoms with Gasteiger partial charge in [-0.25, -0.2) is 0 Å². The molecule has 2 N–H and O–H groups in total. The van der Waals surface area contributed by atoms with E-state index in [0.717, 1.165) is 12.8 Å². The van der Waals surface area contributed by atoms with E-state index in [1.165, 1.54) is 0 Å². The van der Waals surface area contributed by atoms with Gasteiger partial charge in [-0.1, -0.05) is 25.8 Å². The van der Waals surface area contributed by atoms with Crippen LogP contribution < -0.4 is 4.72 Å². The predicted molar refractivity (Wildman–Crippen MR) is 61.1 cm³/mol. The molecule has 1 unspecified atom stereocenters. The van der Waals surface area contributed by atoms with E-state index in [2.05, 4.69) is 11.3 Å². The third-order valence-corrected chi connectivity index (χ3v) is 3.69. The maximum Gasteiger partial charge on any atom is 0.336 e. The molecule has 1 rings (SSSR count). The fourth-order valence-corrected chi connectivity index (χ4v) is 2.95. The molecule has 1 aliphatic rings. The molecule has 0 aromatic heterocycles. The first-order valence-electron chi connectivity index (χ1n) is 5.49. The van der Waals surface area contributed by atoms with Crippen molar-refractivity contribution < 1.29 is 17.7 Å². The first-order chi connectivity index (χ1) is 7.50. The van der Waals surface area contributed by atoms with Gasteiger partial charge in [-0.3, -0.25) is 4.18 Å². The number of aliphatic hydroxyl groups excluding tert-OH is 1. The van der Waals surface area contributed by atoms with Gasteiger partial charge in [-0.05, 0) is 12.8 Å². The Morgan fingerprint density at radius 2 is 2.25 bits per heavy atom. The van der Waals surface area contributed by atoms with E-state index in [1.807, 2.05) is 6.92 Å². The molecule has 0 spiro atoms. The molecule has 1 saturated heterocycles. The van der Waals surface area contributed by atoms with E-state index in [9.17, 15) is 13.5 Å². The van der Waals surface area contributed by atoms with Crippen LogP contribution in [0.3, 0.4) is 0 Å². The summed E-state index contributed by atoms with van der Waals surface area (Å²) in [5.41, 5.74) is 0. The molecule has 6 heteroatoms. The van der Waals surface area contributed by atoms with Crippen molar-refractivity contribution in [3.05, 3.63) is 12.7 Å². The zero-order valence-corrected chi connectivity index (χ0v) is 10.2. The summed E-state index contributed by atoms with van der Waals surface area (Å²) in [6, 6.07) is -0.530. The van der Waals surface area contributed by atoms with Gasteiger partial charge in [0.25, 0.3) is 0 Å². The second kappa shape index (κ2) is 5.77. The maximum absolute atomic E-state index is 11.4. The summed E-state index contributed by atoms with van der Waals surface area (Å²) in [5.74, 6) is 0. The first kappa shape index (κ1) is 13.6. The Balaban J connectivity index is 2.72. The van der Waals surface area contributed by atoms with Crippen LogP contribution in [0.1, 0.15) is 32.6 Å². The topological polar surface area (TPSA) is 75.6 Å². The van der Waals surface area contributed by atoms with Gasteiger partial charge in [0.05, 0.1) is 12.1 Å². The van der Waals surface area contributed by atoms with Crippen LogP contribution in [-0.4, -0.2) is 31.8 Å². The van der Waals surface area contributed by atoms with Gasteiger partial charge in [0.2, 0.25) is 0 Å². The van der Waals surface area contributed by atoms with Gasteiger partial charge in [-0.2, -0.15) is 13.1 Å². The summed E-state index contributed by atoms with van der Waals surface area (Å²) in [5, 5.41) is 9.92. The zero-order chi connectivity index (χ0) is 12.2. The van der Waals surface area contributed by atoms with Crippen LogP contribution in [0.4, 0.5) is 0 Å². The largest absolute Gasteiger partial charge is 0.389 e. The molecule has 3 atom stereocenters. The standard InChI is InChI=1S/C10H19NO4S/c1-3-5-7-9-10(12)8(6-4-2)11-16(13,14)15-9/h4,8-12H,2-3,5-7H2,1H3/t8?,9-,10-/m1/s1. The van der Waals surface area contributed by atoms with Gasteiger partial charge in [0.1, 0.15) is 6.10 Å². The Bertz CT molecular complexity index is 328. The molecule has 0 aromatic carbocycles. The Kier molecular flexibility index (Phi) is 4.91. The summed E-state index contributed by atoms with van der Waals surface area (Å²) in [7, 11) is -3.72. The summed E-state index contributed by atoms with van der Waals surface area (Å²) >= 11 is 0. The van der Waals surface area contributed by atoms with Crippen molar-refractivity contribution in [2.45, 2.75) is 50.9 Å². The quantitative estimate of drug-likeness (QED) is 0.704.